The summed E-state index contributed by atoms with van der Waals surface area (Å²) in [6.07, 6.45) is 3.07. The molecule has 0 saturated carbocycles. The molecule has 1 aromatic rings. The summed E-state index contributed by atoms with van der Waals surface area (Å²) in [7, 11) is 0. The summed E-state index contributed by atoms with van der Waals surface area (Å²) in [5, 5.41) is 3.38. The number of pyridine rings is 1. The van der Waals surface area contributed by atoms with Crippen LogP contribution in [0.1, 0.15) is 39.8 Å². The van der Waals surface area contributed by atoms with Gasteiger partial charge in [-0.25, -0.2) is 0 Å². The van der Waals surface area contributed by atoms with Gasteiger partial charge in [0, 0.05) is 31.0 Å². The Morgan fingerprint density at radius 1 is 1.35 bits per heavy atom. The first kappa shape index (κ1) is 14.0. The van der Waals surface area contributed by atoms with Crippen molar-refractivity contribution in [2.45, 2.75) is 46.7 Å². The molecule has 3 heteroatoms. The van der Waals surface area contributed by atoms with Gasteiger partial charge in [-0.1, -0.05) is 6.92 Å². The molecule has 1 N–H and O–H groups in total. The second-order valence-corrected chi connectivity index (χ2v) is 4.56. The van der Waals surface area contributed by atoms with E-state index in [0.29, 0.717) is 6.04 Å². The van der Waals surface area contributed by atoms with E-state index in [2.05, 4.69) is 55.0 Å². The third-order valence-corrected chi connectivity index (χ3v) is 2.83. The fourth-order valence-corrected chi connectivity index (χ4v) is 1.98. The van der Waals surface area contributed by atoms with Crippen LogP contribution < -0.4 is 10.2 Å². The van der Waals surface area contributed by atoms with Gasteiger partial charge in [0.15, 0.2) is 0 Å². The Labute approximate surface area is 105 Å². The highest BCUT2D eigenvalue weighted by atomic mass is 15.1. The molecule has 1 aromatic heterocycles. The number of hydrogen-bond acceptors (Lipinski definition) is 3. The quantitative estimate of drug-likeness (QED) is 0.737. The third-order valence-electron chi connectivity index (χ3n) is 2.83. The molecule has 0 aromatic carbocycles. The van der Waals surface area contributed by atoms with Gasteiger partial charge in [0.05, 0.1) is 5.69 Å². The van der Waals surface area contributed by atoms with E-state index in [4.69, 9.17) is 0 Å². The lowest BCUT2D eigenvalue weighted by Gasteiger charge is -2.27. The molecule has 1 rings (SSSR count). The summed E-state index contributed by atoms with van der Waals surface area (Å²) >= 11 is 0. The van der Waals surface area contributed by atoms with Crippen LogP contribution in [-0.2, 0) is 6.54 Å². The molecule has 96 valence electrons. The molecule has 17 heavy (non-hydrogen) atoms. The number of anilines is 1. The van der Waals surface area contributed by atoms with Crippen molar-refractivity contribution in [3.63, 3.8) is 0 Å². The molecule has 1 heterocycles. The van der Waals surface area contributed by atoms with Crippen LogP contribution in [0.5, 0.6) is 0 Å². The van der Waals surface area contributed by atoms with Gasteiger partial charge in [0.2, 0.25) is 0 Å². The van der Waals surface area contributed by atoms with Crippen molar-refractivity contribution in [3.05, 3.63) is 24.0 Å². The summed E-state index contributed by atoms with van der Waals surface area (Å²) in [6.45, 7) is 11.7. The molecule has 0 saturated heterocycles. The van der Waals surface area contributed by atoms with Gasteiger partial charge in [-0.2, -0.15) is 0 Å². The maximum Gasteiger partial charge on any atom is 0.0562 e. The van der Waals surface area contributed by atoms with E-state index < -0.39 is 0 Å². The van der Waals surface area contributed by atoms with Gasteiger partial charge in [0.25, 0.3) is 0 Å². The SMILES string of the molecule is CCCNCc1cc(N(CC)C(C)C)ccn1. The number of nitrogens with one attached hydrogen (secondary N) is 1. The van der Waals surface area contributed by atoms with Crippen LogP contribution in [0.3, 0.4) is 0 Å². The molecule has 0 aliphatic heterocycles. The Kier molecular flexibility index (Phi) is 5.98. The molecule has 0 aliphatic rings. The summed E-state index contributed by atoms with van der Waals surface area (Å²) < 4.78 is 0. The minimum absolute atomic E-state index is 0.527. The molecule has 0 bridgehead atoms. The van der Waals surface area contributed by atoms with Gasteiger partial charge < -0.3 is 10.2 Å². The summed E-state index contributed by atoms with van der Waals surface area (Å²) in [5.74, 6) is 0. The molecule has 0 spiro atoms. The lowest BCUT2D eigenvalue weighted by atomic mass is 10.2. The van der Waals surface area contributed by atoms with Crippen molar-refractivity contribution in [3.8, 4) is 0 Å². The van der Waals surface area contributed by atoms with Crippen molar-refractivity contribution in [1.82, 2.24) is 10.3 Å². The minimum atomic E-state index is 0.527. The molecular weight excluding hydrogens is 210 g/mol. The average molecular weight is 235 g/mol. The van der Waals surface area contributed by atoms with E-state index in [-0.39, 0.29) is 0 Å². The van der Waals surface area contributed by atoms with Crippen molar-refractivity contribution in [1.29, 1.82) is 0 Å². The van der Waals surface area contributed by atoms with Crippen molar-refractivity contribution >= 4 is 5.69 Å². The molecular formula is C14H25N3. The zero-order valence-electron chi connectivity index (χ0n) is 11.5. The summed E-state index contributed by atoms with van der Waals surface area (Å²) in [4.78, 5) is 6.78. The van der Waals surface area contributed by atoms with Gasteiger partial charge in [-0.15, -0.1) is 0 Å². The lowest BCUT2D eigenvalue weighted by Crippen LogP contribution is -2.30. The monoisotopic (exact) mass is 235 g/mol. The second-order valence-electron chi connectivity index (χ2n) is 4.56. The maximum absolute atomic E-state index is 4.40. The Bertz CT molecular complexity index is 323. The van der Waals surface area contributed by atoms with Crippen LogP contribution >= 0.6 is 0 Å². The number of rotatable bonds is 7. The predicted octanol–water partition coefficient (Wildman–Crippen LogP) is 2.82. The van der Waals surface area contributed by atoms with Gasteiger partial charge in [-0.05, 0) is 45.9 Å². The van der Waals surface area contributed by atoms with Crippen LogP contribution in [-0.4, -0.2) is 24.1 Å². The van der Waals surface area contributed by atoms with Crippen LogP contribution in [0.2, 0.25) is 0 Å². The highest BCUT2D eigenvalue weighted by molar-refractivity contribution is 5.47. The van der Waals surface area contributed by atoms with E-state index in [1.807, 2.05) is 6.20 Å². The van der Waals surface area contributed by atoms with Crippen molar-refractivity contribution < 1.29 is 0 Å². The Balaban J connectivity index is 2.70. The lowest BCUT2D eigenvalue weighted by molar-refractivity contribution is 0.661. The van der Waals surface area contributed by atoms with E-state index >= 15 is 0 Å². The summed E-state index contributed by atoms with van der Waals surface area (Å²) in [6, 6.07) is 4.80. The highest BCUT2D eigenvalue weighted by Crippen LogP contribution is 2.16. The highest BCUT2D eigenvalue weighted by Gasteiger charge is 2.08. The third kappa shape index (κ3) is 4.35. The maximum atomic E-state index is 4.40. The van der Waals surface area contributed by atoms with E-state index in [0.717, 1.165) is 31.7 Å². The molecule has 0 atom stereocenters. The second kappa shape index (κ2) is 7.28. The normalized spacial score (nSPS) is 10.9. The van der Waals surface area contributed by atoms with Gasteiger partial charge in [0.1, 0.15) is 0 Å². The number of aromatic nitrogens is 1. The zero-order valence-corrected chi connectivity index (χ0v) is 11.5. The van der Waals surface area contributed by atoms with E-state index in [1.54, 1.807) is 0 Å². The first-order chi connectivity index (χ1) is 8.19. The Hall–Kier alpha value is -1.09. The average Bonchev–Trinajstić information content (AvgIpc) is 2.30. The fraction of sp³-hybridized carbons (Fsp3) is 0.643. The van der Waals surface area contributed by atoms with Crippen LogP contribution in [0.25, 0.3) is 0 Å². The topological polar surface area (TPSA) is 28.2 Å². The minimum Gasteiger partial charge on any atom is -0.369 e. The zero-order chi connectivity index (χ0) is 12.7. The van der Waals surface area contributed by atoms with Crippen LogP contribution in [0, 0.1) is 0 Å². The smallest absolute Gasteiger partial charge is 0.0562 e. The first-order valence-corrected chi connectivity index (χ1v) is 6.61. The largest absolute Gasteiger partial charge is 0.369 e. The Morgan fingerprint density at radius 2 is 2.12 bits per heavy atom. The van der Waals surface area contributed by atoms with Crippen LogP contribution in [0.4, 0.5) is 5.69 Å². The first-order valence-electron chi connectivity index (χ1n) is 6.61. The molecule has 3 nitrogen and oxygen atoms in total. The predicted molar refractivity (Wildman–Crippen MR) is 74.4 cm³/mol. The standard InChI is InChI=1S/C14H25N3/c1-5-8-15-11-13-10-14(7-9-16-13)17(6-2)12(3)4/h7,9-10,12,15H,5-6,8,11H2,1-4H3. The van der Waals surface area contributed by atoms with Crippen molar-refractivity contribution in [2.24, 2.45) is 0 Å². The molecule has 0 aliphatic carbocycles. The Morgan fingerprint density at radius 3 is 2.71 bits per heavy atom. The van der Waals surface area contributed by atoms with Crippen molar-refractivity contribution in [2.75, 3.05) is 18.0 Å². The van der Waals surface area contributed by atoms with E-state index in [1.165, 1.54) is 5.69 Å². The van der Waals surface area contributed by atoms with Crippen LogP contribution in [0.15, 0.2) is 18.3 Å². The number of hydrogen-bond donors (Lipinski definition) is 1. The molecule has 0 radical (unpaired) electrons. The fourth-order valence-electron chi connectivity index (χ4n) is 1.98. The van der Waals surface area contributed by atoms with E-state index in [9.17, 15) is 0 Å². The molecule has 0 fully saturated rings. The molecule has 0 amide bonds. The molecule has 0 unspecified atom stereocenters. The van der Waals surface area contributed by atoms with Gasteiger partial charge in [-0.3, -0.25) is 4.98 Å². The van der Waals surface area contributed by atoms with Gasteiger partial charge >= 0.3 is 0 Å². The number of nitrogens with zero attached hydrogens (tertiary/aromatic N) is 2. The summed E-state index contributed by atoms with van der Waals surface area (Å²) in [5.41, 5.74) is 2.39.